The van der Waals surface area contributed by atoms with E-state index in [0.717, 1.165) is 0 Å². The van der Waals surface area contributed by atoms with Gasteiger partial charge >= 0.3 is 34.1 Å². The third-order valence-corrected chi connectivity index (χ3v) is 12.1. The van der Waals surface area contributed by atoms with Gasteiger partial charge in [0.05, 0.1) is 0 Å². The molecule has 0 N–H and O–H groups in total. The van der Waals surface area contributed by atoms with Gasteiger partial charge in [0.15, 0.2) is 0 Å². The summed E-state index contributed by atoms with van der Waals surface area (Å²) in [5.74, 6) is 12.2. The topological polar surface area (TPSA) is 0 Å². The third kappa shape index (κ3) is 9.27. The molecule has 0 aromatic rings. The zero-order valence-corrected chi connectivity index (χ0v) is 24.8. The molecule has 34 heavy (non-hydrogen) atoms. The third-order valence-electron chi connectivity index (χ3n) is 6.91. The molecule has 4 fully saturated rings. The molecule has 4 aliphatic carbocycles. The van der Waals surface area contributed by atoms with Crippen molar-refractivity contribution in [3.8, 4) is 0 Å². The first-order valence-corrected chi connectivity index (χ1v) is 15.6. The van der Waals surface area contributed by atoms with Crippen LogP contribution in [0.25, 0.3) is 0 Å². The summed E-state index contributed by atoms with van der Waals surface area (Å²) in [5, 5.41) is 0. The first-order chi connectivity index (χ1) is 15.5. The van der Waals surface area contributed by atoms with E-state index in [1.807, 2.05) is 0 Å². The summed E-state index contributed by atoms with van der Waals surface area (Å²) >= 11 is 0. The summed E-state index contributed by atoms with van der Waals surface area (Å²) in [6.07, 6.45) is 35.3. The van der Waals surface area contributed by atoms with E-state index < -0.39 is 0 Å². The zero-order valence-electron chi connectivity index (χ0n) is 20.8. The van der Waals surface area contributed by atoms with E-state index in [2.05, 4.69) is 105 Å². The van der Waals surface area contributed by atoms with Crippen molar-refractivity contribution < 1.29 is 34.1 Å². The average Bonchev–Trinajstić information content (AvgIpc) is 3.55. The molecule has 0 amide bonds. The fraction of sp³-hybridized carbons (Fsp3) is 0.333. The van der Waals surface area contributed by atoms with Crippen LogP contribution >= 0.6 is 15.8 Å². The Bertz CT molecular complexity index is 466. The maximum absolute atomic E-state index is 2.35. The molecule has 4 saturated carbocycles. The van der Waals surface area contributed by atoms with Crippen molar-refractivity contribution in [2.45, 2.75) is 27.7 Å². The second-order valence-electron chi connectivity index (χ2n) is 9.36. The smallest absolute Gasteiger partial charge is 0.105 e. The Morgan fingerprint density at radius 3 is 0.824 bits per heavy atom. The summed E-state index contributed by atoms with van der Waals surface area (Å²) in [6.45, 7) is 9.11. The number of rotatable bonds is 11. The van der Waals surface area contributed by atoms with Crippen LogP contribution in [-0.2, 0) is 34.1 Å². The molecule has 0 bridgehead atoms. The Morgan fingerprint density at radius 1 is 0.412 bits per heavy atom. The molecule has 4 rings (SSSR count). The van der Waals surface area contributed by atoms with E-state index >= 15 is 0 Å². The van der Waals surface area contributed by atoms with Gasteiger partial charge < -0.3 is 0 Å². The maximum Gasteiger partial charge on any atom is 2.00 e. The van der Waals surface area contributed by atoms with Gasteiger partial charge in [0.2, 0.25) is 0 Å². The normalized spacial score (nSPS) is 25.2. The fourth-order valence-electron chi connectivity index (χ4n) is 4.57. The van der Waals surface area contributed by atoms with Gasteiger partial charge in [-0.05, 0) is 161 Å². The molecule has 0 heterocycles. The van der Waals surface area contributed by atoms with Crippen LogP contribution in [0.15, 0.2) is 0 Å². The van der Waals surface area contributed by atoms with E-state index in [1.165, 1.54) is 60.6 Å². The minimum Gasteiger partial charge on any atom is -0.105 e. The molecular weight excluding hydrogens is 534 g/mol. The molecule has 0 atom stereocenters. The van der Waals surface area contributed by atoms with Crippen molar-refractivity contribution in [3.05, 3.63) is 124 Å². The molecule has 4 heteroatoms. The van der Waals surface area contributed by atoms with Gasteiger partial charge in [0.25, 0.3) is 0 Å². The average molecular weight is 570 g/mol. The van der Waals surface area contributed by atoms with Gasteiger partial charge in [-0.15, -0.1) is 15.8 Å². The van der Waals surface area contributed by atoms with E-state index in [9.17, 15) is 0 Å². The standard InChI is InChI=1S/C30H36P2.2Fe/c1-23-9-5-13-27(23)19-31(20-28-14-6-10-24(28)2)17-18-32(21-29-15-7-11-25(29)3)22-30-16-8-12-26(30)4;;/h5-16H,17-22H2,1-4H3;;/q;2*+2. The summed E-state index contributed by atoms with van der Waals surface area (Å²) < 4.78 is 0. The first-order valence-electron chi connectivity index (χ1n) is 11.8. The zero-order chi connectivity index (χ0) is 22.5. The van der Waals surface area contributed by atoms with E-state index in [-0.39, 0.29) is 50.0 Å². The summed E-state index contributed by atoms with van der Waals surface area (Å²) in [4.78, 5) is 0. The van der Waals surface area contributed by atoms with E-state index in [0.29, 0.717) is 0 Å². The monoisotopic (exact) mass is 570 g/mol. The molecule has 0 aromatic heterocycles. The van der Waals surface area contributed by atoms with Crippen molar-refractivity contribution in [1.82, 2.24) is 0 Å². The molecule has 0 unspecified atom stereocenters. The Balaban J connectivity index is 0.00000204. The Hall–Kier alpha value is 1.90. The van der Waals surface area contributed by atoms with Gasteiger partial charge in [-0.1, -0.05) is 27.7 Å². The van der Waals surface area contributed by atoms with Gasteiger partial charge in [-0.3, -0.25) is 0 Å². The molecule has 178 valence electrons. The molecule has 0 nitrogen and oxygen atoms in total. The Morgan fingerprint density at radius 2 is 0.647 bits per heavy atom. The van der Waals surface area contributed by atoms with Crippen molar-refractivity contribution in [3.63, 3.8) is 0 Å². The Kier molecular flexibility index (Phi) is 15.2. The second kappa shape index (κ2) is 16.1. The summed E-state index contributed by atoms with van der Waals surface area (Å²) in [7, 11) is -0.104. The maximum atomic E-state index is 2.35. The fourth-order valence-corrected chi connectivity index (χ4v) is 11.0. The second-order valence-corrected chi connectivity index (χ2v) is 14.2. The van der Waals surface area contributed by atoms with Crippen molar-refractivity contribution in [2.75, 3.05) is 37.0 Å². The van der Waals surface area contributed by atoms with Crippen LogP contribution in [0.3, 0.4) is 0 Å². The predicted octanol–water partition coefficient (Wildman–Crippen LogP) is 7.13. The minimum absolute atomic E-state index is 0. The first kappa shape index (κ1) is 32.1. The molecule has 4 aliphatic rings. The predicted molar refractivity (Wildman–Crippen MR) is 143 cm³/mol. The van der Waals surface area contributed by atoms with E-state index in [4.69, 9.17) is 0 Å². The van der Waals surface area contributed by atoms with Crippen molar-refractivity contribution in [2.24, 2.45) is 0 Å². The SMILES string of the molecule is C[C]1[CH][CH][CH][C]1CP(CCP(C[C]1[CH][CH][CH][C]1C)C[C]1[CH][CH][CH][C]1C)C[C]1[CH][CH][CH][C]1C.[Fe+2].[Fe+2]. The van der Waals surface area contributed by atoms with Gasteiger partial charge in [0, 0.05) is 0 Å². The quantitative estimate of drug-likeness (QED) is 0.183. The van der Waals surface area contributed by atoms with Crippen molar-refractivity contribution >= 4 is 15.8 Å². The Labute approximate surface area is 237 Å². The summed E-state index contributed by atoms with van der Waals surface area (Å²) in [5.41, 5.74) is 0. The van der Waals surface area contributed by atoms with Crippen LogP contribution < -0.4 is 0 Å². The largest absolute Gasteiger partial charge is 2.00 e. The molecule has 20 radical (unpaired) electrons. The van der Waals surface area contributed by atoms with Gasteiger partial charge in [0.1, 0.15) is 0 Å². The van der Waals surface area contributed by atoms with Gasteiger partial charge in [-0.2, -0.15) is 0 Å². The molecule has 0 saturated heterocycles. The van der Waals surface area contributed by atoms with Crippen LogP contribution in [-0.4, -0.2) is 37.0 Å². The molecule has 0 aromatic carbocycles. The van der Waals surface area contributed by atoms with Gasteiger partial charge in [-0.25, -0.2) is 0 Å². The van der Waals surface area contributed by atoms with Crippen LogP contribution in [0, 0.1) is 124 Å². The van der Waals surface area contributed by atoms with Crippen LogP contribution in [0.2, 0.25) is 0 Å². The van der Waals surface area contributed by atoms with Crippen LogP contribution in [0.5, 0.6) is 0 Å². The minimum atomic E-state index is -0.0522. The van der Waals surface area contributed by atoms with E-state index in [1.54, 1.807) is 23.7 Å². The molecule has 0 aliphatic heterocycles. The van der Waals surface area contributed by atoms with Crippen LogP contribution in [0.4, 0.5) is 0 Å². The number of hydrogen-bond acceptors (Lipinski definition) is 0. The number of hydrogen-bond donors (Lipinski definition) is 0. The molecule has 0 spiro atoms. The summed E-state index contributed by atoms with van der Waals surface area (Å²) in [6, 6.07) is 0. The molecular formula is C30H36Fe2P2+4. The van der Waals surface area contributed by atoms with Crippen molar-refractivity contribution in [1.29, 1.82) is 0 Å². The van der Waals surface area contributed by atoms with Crippen LogP contribution in [0.1, 0.15) is 27.7 Å².